The van der Waals surface area contributed by atoms with Gasteiger partial charge in [0.2, 0.25) is 5.78 Å². The van der Waals surface area contributed by atoms with E-state index in [4.69, 9.17) is 9.47 Å². The van der Waals surface area contributed by atoms with Crippen molar-refractivity contribution in [3.63, 3.8) is 0 Å². The Bertz CT molecular complexity index is 1790. The molecular formula is C38H44N4O4. The Balaban J connectivity index is 1.32. The number of nitrogens with zero attached hydrogens (tertiary/aromatic N) is 2. The van der Waals surface area contributed by atoms with E-state index >= 15 is 0 Å². The van der Waals surface area contributed by atoms with Crippen LogP contribution in [-0.4, -0.2) is 68.2 Å². The van der Waals surface area contributed by atoms with Gasteiger partial charge in [0, 0.05) is 55.6 Å². The predicted molar refractivity (Wildman–Crippen MR) is 185 cm³/mol. The van der Waals surface area contributed by atoms with Crippen LogP contribution in [0, 0.1) is 6.92 Å². The highest BCUT2D eigenvalue weighted by Crippen LogP contribution is 2.30. The number of ether oxygens (including phenoxy) is 2. The maximum Gasteiger partial charge on any atom is 0.254 e. The third-order valence-electron chi connectivity index (χ3n) is 8.43. The summed E-state index contributed by atoms with van der Waals surface area (Å²) in [6.07, 6.45) is 2.97. The first-order valence-electron chi connectivity index (χ1n) is 15.8. The molecule has 5 rings (SSSR count). The molecule has 1 fully saturated rings. The maximum atomic E-state index is 13.8. The minimum Gasteiger partial charge on any atom is -0.457 e. The van der Waals surface area contributed by atoms with Gasteiger partial charge in [-0.05, 0) is 90.4 Å². The number of amides is 1. The zero-order valence-corrected chi connectivity index (χ0v) is 27.7. The van der Waals surface area contributed by atoms with E-state index in [1.54, 1.807) is 24.2 Å². The van der Waals surface area contributed by atoms with Crippen LogP contribution < -0.4 is 10.1 Å². The van der Waals surface area contributed by atoms with Crippen molar-refractivity contribution in [3.05, 3.63) is 106 Å². The summed E-state index contributed by atoms with van der Waals surface area (Å²) in [6.45, 7) is 10.9. The van der Waals surface area contributed by atoms with E-state index < -0.39 is 0 Å². The molecule has 1 amide bonds. The van der Waals surface area contributed by atoms with Gasteiger partial charge in [-0.3, -0.25) is 14.6 Å². The van der Waals surface area contributed by atoms with E-state index in [0.29, 0.717) is 49.6 Å². The summed E-state index contributed by atoms with van der Waals surface area (Å²) in [7, 11) is 3.49. The monoisotopic (exact) mass is 620 g/mol. The van der Waals surface area contributed by atoms with Crippen molar-refractivity contribution in [3.8, 4) is 11.5 Å². The van der Waals surface area contributed by atoms with Gasteiger partial charge >= 0.3 is 0 Å². The highest BCUT2D eigenvalue weighted by atomic mass is 16.5. The van der Waals surface area contributed by atoms with E-state index in [-0.39, 0.29) is 17.1 Å². The Morgan fingerprint density at radius 3 is 2.48 bits per heavy atom. The second-order valence-electron chi connectivity index (χ2n) is 12.7. The summed E-state index contributed by atoms with van der Waals surface area (Å²) in [5.74, 6) is 1.42. The Morgan fingerprint density at radius 2 is 1.78 bits per heavy atom. The van der Waals surface area contributed by atoms with Crippen molar-refractivity contribution in [2.45, 2.75) is 46.0 Å². The fourth-order valence-electron chi connectivity index (χ4n) is 5.71. The molecule has 0 radical (unpaired) electrons. The number of aromatic nitrogens is 1. The average molecular weight is 621 g/mol. The number of hydrogen-bond acceptors (Lipinski definition) is 6. The number of H-pyrrole nitrogens is 1. The highest BCUT2D eigenvalue weighted by Gasteiger charge is 2.21. The molecule has 2 heterocycles. The lowest BCUT2D eigenvalue weighted by Crippen LogP contribution is -2.40. The Labute approximate surface area is 271 Å². The van der Waals surface area contributed by atoms with Crippen LogP contribution in [-0.2, 0) is 16.6 Å². The lowest BCUT2D eigenvalue weighted by molar-refractivity contribution is 0.0303. The van der Waals surface area contributed by atoms with E-state index in [1.807, 2.05) is 43.4 Å². The number of aromatic amines is 1. The molecule has 1 saturated heterocycles. The molecular weight excluding hydrogens is 576 g/mol. The van der Waals surface area contributed by atoms with Crippen LogP contribution in [0.25, 0.3) is 10.9 Å². The summed E-state index contributed by atoms with van der Waals surface area (Å²) in [4.78, 5) is 36.1. The summed E-state index contributed by atoms with van der Waals surface area (Å²) in [5.41, 5.74) is 6.70. The van der Waals surface area contributed by atoms with E-state index in [9.17, 15) is 9.59 Å². The minimum atomic E-state index is -0.162. The fourth-order valence-corrected chi connectivity index (χ4v) is 5.71. The van der Waals surface area contributed by atoms with Crippen LogP contribution in [0.3, 0.4) is 0 Å². The quantitative estimate of drug-likeness (QED) is 0.113. The van der Waals surface area contributed by atoms with Crippen molar-refractivity contribution >= 4 is 28.8 Å². The van der Waals surface area contributed by atoms with Gasteiger partial charge < -0.3 is 24.7 Å². The molecule has 0 bridgehead atoms. The minimum absolute atomic E-state index is 0.0277. The number of benzene rings is 3. The third kappa shape index (κ3) is 7.57. The summed E-state index contributed by atoms with van der Waals surface area (Å²) >= 11 is 0. The second-order valence-corrected chi connectivity index (χ2v) is 12.7. The van der Waals surface area contributed by atoms with Gasteiger partial charge in [0.25, 0.3) is 5.91 Å². The van der Waals surface area contributed by atoms with Gasteiger partial charge in [0.05, 0.1) is 24.5 Å². The van der Waals surface area contributed by atoms with Crippen LogP contribution in [0.2, 0.25) is 0 Å². The van der Waals surface area contributed by atoms with Gasteiger partial charge in [-0.15, -0.1) is 0 Å². The summed E-state index contributed by atoms with van der Waals surface area (Å²) in [6, 6.07) is 21.7. The first-order chi connectivity index (χ1) is 22.1. The van der Waals surface area contributed by atoms with Gasteiger partial charge in [0.1, 0.15) is 11.5 Å². The number of morpholine rings is 1. The topological polar surface area (TPSA) is 96.0 Å². The zero-order valence-electron chi connectivity index (χ0n) is 27.7. The normalized spacial score (nSPS) is 14.4. The molecule has 1 aromatic heterocycles. The number of allylic oxidation sites excluding steroid dienone is 2. The van der Waals surface area contributed by atoms with Crippen molar-refractivity contribution < 1.29 is 19.1 Å². The lowest BCUT2D eigenvalue weighted by atomic mass is 9.87. The molecule has 1 aliphatic heterocycles. The predicted octanol–water partition coefficient (Wildman–Crippen LogP) is 7.03. The molecule has 240 valence electrons. The number of carbonyl (C=O) groups is 2. The molecule has 1 aliphatic rings. The average Bonchev–Trinajstić information content (AvgIpc) is 3.48. The van der Waals surface area contributed by atoms with Crippen molar-refractivity contribution in [2.24, 2.45) is 4.99 Å². The van der Waals surface area contributed by atoms with Gasteiger partial charge in [0.15, 0.2) is 0 Å². The van der Waals surface area contributed by atoms with Crippen LogP contribution in [0.15, 0.2) is 83.0 Å². The number of nitrogens with one attached hydrogen (secondary N) is 2. The van der Waals surface area contributed by atoms with Gasteiger partial charge in [-0.25, -0.2) is 0 Å². The Kier molecular flexibility index (Phi) is 10.1. The standard InChI is InChI=1S/C38H44N4O4/c1-25-20-31(46-30-9-7-8-29(23-30)38(2,3)4)13-10-26(25)11-15-34(40-6)32(24-39-5)36(43)35-22-28-21-27(12-14-33(28)41-35)37(44)42-16-18-45-19-17-42/h7-10,12-14,20-24,40-41H,11,15-19H2,1-6H3/b34-32-,39-24-. The number of Topliss-reactive ketones (excluding diaryl/α,β-unsaturated/α-hetero) is 1. The molecule has 0 spiro atoms. The lowest BCUT2D eigenvalue weighted by Gasteiger charge is -2.26. The molecule has 2 N–H and O–H groups in total. The molecule has 0 atom stereocenters. The smallest absolute Gasteiger partial charge is 0.254 e. The highest BCUT2D eigenvalue weighted by molar-refractivity contribution is 6.22. The van der Waals surface area contributed by atoms with Crippen LogP contribution in [0.5, 0.6) is 11.5 Å². The molecule has 46 heavy (non-hydrogen) atoms. The van der Waals surface area contributed by atoms with Crippen LogP contribution >= 0.6 is 0 Å². The SMILES string of the molecule is C/N=C\C(C(=O)c1cc2cc(C(=O)N3CCOCC3)ccc2[nH]1)=C(/CCc1ccc(Oc2cccc(C(C)(C)C)c2)cc1C)NC. The van der Waals surface area contributed by atoms with E-state index in [0.717, 1.165) is 40.1 Å². The van der Waals surface area contributed by atoms with E-state index in [1.165, 1.54) is 11.1 Å². The molecule has 3 aromatic carbocycles. The first kappa shape index (κ1) is 32.7. The largest absolute Gasteiger partial charge is 0.457 e. The molecule has 4 aromatic rings. The molecule has 8 nitrogen and oxygen atoms in total. The molecule has 8 heteroatoms. The number of hydrogen-bond donors (Lipinski definition) is 2. The third-order valence-corrected chi connectivity index (χ3v) is 8.43. The van der Waals surface area contributed by atoms with Crippen LogP contribution in [0.4, 0.5) is 0 Å². The molecule has 0 unspecified atom stereocenters. The van der Waals surface area contributed by atoms with Gasteiger partial charge in [-0.1, -0.05) is 39.0 Å². The zero-order chi connectivity index (χ0) is 32.8. The van der Waals surface area contributed by atoms with Crippen molar-refractivity contribution in [1.29, 1.82) is 0 Å². The summed E-state index contributed by atoms with van der Waals surface area (Å²) in [5, 5.41) is 4.06. The number of aliphatic imine (C=N–C) groups is 1. The van der Waals surface area contributed by atoms with Crippen molar-refractivity contribution in [2.75, 3.05) is 40.4 Å². The number of aryl methyl sites for hydroxylation is 2. The summed E-state index contributed by atoms with van der Waals surface area (Å²) < 4.78 is 11.6. The Hall–Kier alpha value is -4.69. The number of rotatable bonds is 10. The first-order valence-corrected chi connectivity index (χ1v) is 15.8. The number of carbonyl (C=O) groups excluding carboxylic acids is 2. The fraction of sp³-hybridized carbons (Fsp3) is 0.342. The number of fused-ring (bicyclic) bond motifs is 1. The van der Waals surface area contributed by atoms with Crippen molar-refractivity contribution in [1.82, 2.24) is 15.2 Å². The van der Waals surface area contributed by atoms with Gasteiger partial charge in [-0.2, -0.15) is 0 Å². The maximum absolute atomic E-state index is 13.8. The molecule has 0 saturated carbocycles. The molecule has 0 aliphatic carbocycles. The Morgan fingerprint density at radius 1 is 1.02 bits per heavy atom. The second kappa shape index (κ2) is 14.2. The van der Waals surface area contributed by atoms with Crippen LogP contribution in [0.1, 0.15) is 64.7 Å². The van der Waals surface area contributed by atoms with E-state index in [2.05, 4.69) is 67.3 Å². The number of ketones is 1.